The van der Waals surface area contributed by atoms with Crippen LogP contribution in [-0.4, -0.2) is 35.4 Å². The molecule has 0 unspecified atom stereocenters. The van der Waals surface area contributed by atoms with Crippen LogP contribution in [0.4, 0.5) is 0 Å². The highest BCUT2D eigenvalue weighted by atomic mass is 16.2. The van der Waals surface area contributed by atoms with E-state index in [-0.39, 0.29) is 11.8 Å². The number of nitrogens with zero attached hydrogens (tertiary/aromatic N) is 2. The van der Waals surface area contributed by atoms with Crippen LogP contribution < -0.4 is 5.32 Å². The van der Waals surface area contributed by atoms with Gasteiger partial charge in [-0.2, -0.15) is 0 Å². The molecule has 0 spiro atoms. The number of rotatable bonds is 4. The summed E-state index contributed by atoms with van der Waals surface area (Å²) in [6, 6.07) is 15.2. The van der Waals surface area contributed by atoms with E-state index < -0.39 is 0 Å². The first-order valence-electron chi connectivity index (χ1n) is 8.12. The summed E-state index contributed by atoms with van der Waals surface area (Å²) in [5.41, 5.74) is 3.31. The van der Waals surface area contributed by atoms with Crippen LogP contribution in [0.2, 0.25) is 0 Å². The number of carbonyl (C=O) groups is 2. The minimum Gasteiger partial charge on any atom is -0.355 e. The summed E-state index contributed by atoms with van der Waals surface area (Å²) < 4.78 is 1.97. The molecule has 2 amide bonds. The summed E-state index contributed by atoms with van der Waals surface area (Å²) in [5, 5.41) is 3.55. The van der Waals surface area contributed by atoms with E-state index in [1.807, 2.05) is 54.2 Å². The zero-order chi connectivity index (χ0) is 18.0. The van der Waals surface area contributed by atoms with Crippen molar-refractivity contribution in [2.24, 2.45) is 7.05 Å². The van der Waals surface area contributed by atoms with E-state index in [1.165, 1.54) is 0 Å². The zero-order valence-corrected chi connectivity index (χ0v) is 14.6. The third kappa shape index (κ3) is 3.26. The maximum absolute atomic E-state index is 12.8. The number of hydrogen-bond donors (Lipinski definition) is 1. The van der Waals surface area contributed by atoms with Crippen LogP contribution in [0.1, 0.15) is 26.3 Å². The molecule has 5 nitrogen and oxygen atoms in total. The monoisotopic (exact) mass is 335 g/mol. The predicted molar refractivity (Wildman–Crippen MR) is 98.5 cm³/mol. The standard InChI is InChI=1S/C20H21N3O2/c1-21-19(24)15-10-8-14(9-11-15)12-23(3)20(25)17-13-22(2)18-7-5-4-6-16(17)18/h4-11,13H,12H2,1-3H3,(H,21,24). The highest BCUT2D eigenvalue weighted by molar-refractivity contribution is 6.06. The number of carbonyl (C=O) groups excluding carboxylic acids is 2. The molecule has 0 saturated heterocycles. The number of para-hydroxylation sites is 1. The lowest BCUT2D eigenvalue weighted by Gasteiger charge is -2.17. The molecule has 0 aliphatic rings. The van der Waals surface area contributed by atoms with Crippen LogP contribution in [0.3, 0.4) is 0 Å². The number of benzene rings is 2. The average molecular weight is 335 g/mol. The number of amides is 2. The van der Waals surface area contributed by atoms with Gasteiger partial charge in [0, 0.05) is 50.4 Å². The summed E-state index contributed by atoms with van der Waals surface area (Å²) in [4.78, 5) is 26.1. The fourth-order valence-electron chi connectivity index (χ4n) is 2.97. The van der Waals surface area contributed by atoms with Gasteiger partial charge in [-0.25, -0.2) is 0 Å². The Hall–Kier alpha value is -3.08. The summed E-state index contributed by atoms with van der Waals surface area (Å²) in [7, 11) is 5.33. The second kappa shape index (κ2) is 6.81. The Kier molecular flexibility index (Phi) is 4.57. The molecule has 0 bridgehead atoms. The molecule has 5 heteroatoms. The van der Waals surface area contributed by atoms with Gasteiger partial charge >= 0.3 is 0 Å². The second-order valence-corrected chi connectivity index (χ2v) is 6.11. The first-order valence-corrected chi connectivity index (χ1v) is 8.12. The Balaban J connectivity index is 1.79. The third-order valence-corrected chi connectivity index (χ3v) is 4.34. The highest BCUT2D eigenvalue weighted by Gasteiger charge is 2.17. The first-order chi connectivity index (χ1) is 12.0. The average Bonchev–Trinajstić information content (AvgIpc) is 2.98. The van der Waals surface area contributed by atoms with Crippen LogP contribution in [0.5, 0.6) is 0 Å². The van der Waals surface area contributed by atoms with Gasteiger partial charge in [0.1, 0.15) is 0 Å². The minimum atomic E-state index is -0.119. The molecule has 25 heavy (non-hydrogen) atoms. The van der Waals surface area contributed by atoms with E-state index >= 15 is 0 Å². The Morgan fingerprint density at radius 1 is 1.08 bits per heavy atom. The first kappa shape index (κ1) is 16.8. The lowest BCUT2D eigenvalue weighted by atomic mass is 10.1. The number of hydrogen-bond acceptors (Lipinski definition) is 2. The van der Waals surface area contributed by atoms with Gasteiger partial charge < -0.3 is 14.8 Å². The summed E-state index contributed by atoms with van der Waals surface area (Å²) >= 11 is 0. The topological polar surface area (TPSA) is 54.3 Å². The molecular weight excluding hydrogens is 314 g/mol. The van der Waals surface area contributed by atoms with E-state index in [2.05, 4.69) is 5.32 Å². The molecule has 3 rings (SSSR count). The van der Waals surface area contributed by atoms with Gasteiger partial charge in [0.25, 0.3) is 11.8 Å². The van der Waals surface area contributed by atoms with Gasteiger partial charge in [-0.05, 0) is 23.8 Å². The molecule has 0 fully saturated rings. The Labute approximate surface area is 146 Å². The van der Waals surface area contributed by atoms with E-state index in [1.54, 1.807) is 31.1 Å². The van der Waals surface area contributed by atoms with Gasteiger partial charge in [0.15, 0.2) is 0 Å². The van der Waals surface area contributed by atoms with E-state index in [0.29, 0.717) is 17.7 Å². The number of aromatic nitrogens is 1. The number of nitrogens with one attached hydrogen (secondary N) is 1. The molecule has 1 heterocycles. The van der Waals surface area contributed by atoms with Crippen molar-refractivity contribution in [3.05, 3.63) is 71.4 Å². The van der Waals surface area contributed by atoms with Crippen molar-refractivity contribution in [3.63, 3.8) is 0 Å². The van der Waals surface area contributed by atoms with Gasteiger partial charge in [-0.15, -0.1) is 0 Å². The molecule has 0 saturated carbocycles. The van der Waals surface area contributed by atoms with E-state index in [0.717, 1.165) is 16.5 Å². The van der Waals surface area contributed by atoms with Gasteiger partial charge in [0.2, 0.25) is 0 Å². The molecule has 3 aromatic rings. The van der Waals surface area contributed by atoms with Crippen LogP contribution in [0.25, 0.3) is 10.9 Å². The van der Waals surface area contributed by atoms with Crippen LogP contribution >= 0.6 is 0 Å². The smallest absolute Gasteiger partial charge is 0.256 e. The quantitative estimate of drug-likeness (QED) is 0.797. The normalized spacial score (nSPS) is 10.7. The highest BCUT2D eigenvalue weighted by Crippen LogP contribution is 2.22. The van der Waals surface area contributed by atoms with Crippen molar-refractivity contribution in [1.82, 2.24) is 14.8 Å². The largest absolute Gasteiger partial charge is 0.355 e. The van der Waals surface area contributed by atoms with Crippen LogP contribution in [0.15, 0.2) is 54.7 Å². The molecule has 128 valence electrons. The fourth-order valence-corrected chi connectivity index (χ4v) is 2.97. The van der Waals surface area contributed by atoms with Crippen LogP contribution in [0, 0.1) is 0 Å². The van der Waals surface area contributed by atoms with Gasteiger partial charge in [-0.1, -0.05) is 30.3 Å². The van der Waals surface area contributed by atoms with E-state index in [4.69, 9.17) is 0 Å². The second-order valence-electron chi connectivity index (χ2n) is 6.11. The predicted octanol–water partition coefficient (Wildman–Crippen LogP) is 2.81. The Morgan fingerprint density at radius 2 is 1.76 bits per heavy atom. The molecule has 1 aromatic heterocycles. The van der Waals surface area contributed by atoms with Gasteiger partial charge in [0.05, 0.1) is 5.56 Å². The van der Waals surface area contributed by atoms with Gasteiger partial charge in [-0.3, -0.25) is 9.59 Å². The summed E-state index contributed by atoms with van der Waals surface area (Å²) in [5.74, 6) is -0.140. The van der Waals surface area contributed by atoms with Crippen molar-refractivity contribution in [2.45, 2.75) is 6.54 Å². The summed E-state index contributed by atoms with van der Waals surface area (Å²) in [6.45, 7) is 0.482. The molecule has 0 aliphatic heterocycles. The van der Waals surface area contributed by atoms with Crippen LogP contribution in [-0.2, 0) is 13.6 Å². The Morgan fingerprint density at radius 3 is 2.44 bits per heavy atom. The Bertz CT molecular complexity index is 926. The van der Waals surface area contributed by atoms with Crippen molar-refractivity contribution >= 4 is 22.7 Å². The third-order valence-electron chi connectivity index (χ3n) is 4.34. The number of aryl methyl sites for hydroxylation is 1. The molecule has 1 N–H and O–H groups in total. The SMILES string of the molecule is CNC(=O)c1ccc(CN(C)C(=O)c2cn(C)c3ccccc23)cc1. The molecule has 2 aromatic carbocycles. The molecule has 0 radical (unpaired) electrons. The zero-order valence-electron chi connectivity index (χ0n) is 14.6. The lowest BCUT2D eigenvalue weighted by Crippen LogP contribution is -2.26. The van der Waals surface area contributed by atoms with E-state index in [9.17, 15) is 9.59 Å². The maximum atomic E-state index is 12.8. The molecule has 0 atom stereocenters. The van der Waals surface area contributed by atoms with Crippen molar-refractivity contribution in [2.75, 3.05) is 14.1 Å². The fraction of sp³-hybridized carbons (Fsp3) is 0.200. The summed E-state index contributed by atoms with van der Waals surface area (Å²) in [6.07, 6.45) is 1.87. The molecule has 0 aliphatic carbocycles. The molecular formula is C20H21N3O2. The lowest BCUT2D eigenvalue weighted by molar-refractivity contribution is 0.0786. The number of fused-ring (bicyclic) bond motifs is 1. The van der Waals surface area contributed by atoms with Crippen molar-refractivity contribution in [3.8, 4) is 0 Å². The minimum absolute atomic E-state index is 0.0211. The van der Waals surface area contributed by atoms with Crippen molar-refractivity contribution in [1.29, 1.82) is 0 Å². The maximum Gasteiger partial charge on any atom is 0.256 e. The van der Waals surface area contributed by atoms with Crippen molar-refractivity contribution < 1.29 is 9.59 Å².